The molecule has 92 valence electrons. The fraction of sp³-hybridized carbons (Fsp3) is 0.917. The van der Waals surface area contributed by atoms with Crippen molar-refractivity contribution in [3.8, 4) is 0 Å². The Morgan fingerprint density at radius 2 is 2.31 bits per heavy atom. The number of hydrogen-bond donors (Lipinski definition) is 1. The first kappa shape index (κ1) is 12.2. The lowest BCUT2D eigenvalue weighted by Crippen LogP contribution is -2.44. The minimum absolute atomic E-state index is 0.00111. The van der Waals surface area contributed by atoms with Gasteiger partial charge in [0, 0.05) is 11.8 Å². The molecule has 2 heterocycles. The number of carbonyl (C=O) groups excluding carboxylic acids is 1. The number of amides is 1. The van der Waals surface area contributed by atoms with Crippen LogP contribution in [0.3, 0.4) is 0 Å². The van der Waals surface area contributed by atoms with Gasteiger partial charge in [-0.25, -0.2) is 0 Å². The number of carbonyl (C=O) groups is 1. The highest BCUT2D eigenvalue weighted by Gasteiger charge is 2.38. The molecule has 0 aromatic rings. The van der Waals surface area contributed by atoms with Gasteiger partial charge in [-0.05, 0) is 31.4 Å². The van der Waals surface area contributed by atoms with Gasteiger partial charge in [-0.3, -0.25) is 10.1 Å². The zero-order chi connectivity index (χ0) is 11.7. The SMILES string of the molecule is CC1NC(C(C)C)N(CC2CCCS2)C1=O. The molecule has 4 heteroatoms. The van der Waals surface area contributed by atoms with Gasteiger partial charge in [-0.1, -0.05) is 13.8 Å². The lowest BCUT2D eigenvalue weighted by Gasteiger charge is -2.29. The van der Waals surface area contributed by atoms with Crippen molar-refractivity contribution in [3.63, 3.8) is 0 Å². The molecule has 0 aromatic carbocycles. The second kappa shape index (κ2) is 4.96. The Morgan fingerprint density at radius 3 is 2.88 bits per heavy atom. The van der Waals surface area contributed by atoms with Gasteiger partial charge in [0.25, 0.3) is 0 Å². The Bertz CT molecular complexity index is 264. The molecule has 0 aliphatic carbocycles. The highest BCUT2D eigenvalue weighted by Crippen LogP contribution is 2.29. The van der Waals surface area contributed by atoms with Crippen LogP contribution in [-0.4, -0.2) is 40.6 Å². The lowest BCUT2D eigenvalue weighted by atomic mass is 10.1. The van der Waals surface area contributed by atoms with E-state index in [2.05, 4.69) is 24.1 Å². The van der Waals surface area contributed by atoms with Gasteiger partial charge in [-0.15, -0.1) is 0 Å². The summed E-state index contributed by atoms with van der Waals surface area (Å²) >= 11 is 2.02. The molecule has 2 rings (SSSR count). The number of thioether (sulfide) groups is 1. The summed E-state index contributed by atoms with van der Waals surface area (Å²) in [6.07, 6.45) is 2.82. The first-order chi connectivity index (χ1) is 7.59. The minimum atomic E-state index is -0.00111. The molecule has 16 heavy (non-hydrogen) atoms. The van der Waals surface area contributed by atoms with Gasteiger partial charge in [-0.2, -0.15) is 11.8 Å². The van der Waals surface area contributed by atoms with Crippen molar-refractivity contribution in [1.82, 2.24) is 10.2 Å². The molecule has 2 fully saturated rings. The van der Waals surface area contributed by atoms with E-state index < -0.39 is 0 Å². The van der Waals surface area contributed by atoms with Crippen LogP contribution in [0.5, 0.6) is 0 Å². The number of nitrogens with zero attached hydrogens (tertiary/aromatic N) is 1. The summed E-state index contributed by atoms with van der Waals surface area (Å²) in [5.74, 6) is 2.04. The van der Waals surface area contributed by atoms with Crippen LogP contribution in [0.15, 0.2) is 0 Å². The number of nitrogens with one attached hydrogen (secondary N) is 1. The van der Waals surface area contributed by atoms with Crippen LogP contribution in [0.2, 0.25) is 0 Å². The van der Waals surface area contributed by atoms with Crippen molar-refractivity contribution < 1.29 is 4.79 Å². The molecule has 3 nitrogen and oxygen atoms in total. The Balaban J connectivity index is 2.00. The average molecular weight is 242 g/mol. The van der Waals surface area contributed by atoms with Crippen LogP contribution in [-0.2, 0) is 4.79 Å². The second-order valence-corrected chi connectivity index (χ2v) is 6.61. The quantitative estimate of drug-likeness (QED) is 0.817. The fourth-order valence-corrected chi connectivity index (χ4v) is 3.83. The normalized spacial score (nSPS) is 35.4. The molecular formula is C12H22N2OS. The third-order valence-corrected chi connectivity index (χ3v) is 4.85. The van der Waals surface area contributed by atoms with E-state index in [0.717, 1.165) is 6.54 Å². The van der Waals surface area contributed by atoms with Crippen LogP contribution in [0.25, 0.3) is 0 Å². The highest BCUT2D eigenvalue weighted by atomic mass is 32.2. The van der Waals surface area contributed by atoms with Crippen molar-refractivity contribution >= 4 is 17.7 Å². The zero-order valence-electron chi connectivity index (χ0n) is 10.4. The summed E-state index contributed by atoms with van der Waals surface area (Å²) in [5.41, 5.74) is 0. The fourth-order valence-electron chi connectivity index (χ4n) is 2.57. The van der Waals surface area contributed by atoms with Crippen LogP contribution < -0.4 is 5.32 Å². The topological polar surface area (TPSA) is 32.3 Å². The van der Waals surface area contributed by atoms with Gasteiger partial charge in [0.05, 0.1) is 12.2 Å². The number of hydrogen-bond acceptors (Lipinski definition) is 3. The molecule has 3 atom stereocenters. The summed E-state index contributed by atoms with van der Waals surface area (Å²) in [6.45, 7) is 7.26. The van der Waals surface area contributed by atoms with E-state index in [9.17, 15) is 4.79 Å². The van der Waals surface area contributed by atoms with Crippen molar-refractivity contribution in [2.75, 3.05) is 12.3 Å². The van der Waals surface area contributed by atoms with Crippen LogP contribution in [0.1, 0.15) is 33.6 Å². The van der Waals surface area contributed by atoms with E-state index in [0.29, 0.717) is 11.2 Å². The Hall–Kier alpha value is -0.220. The maximum atomic E-state index is 12.1. The van der Waals surface area contributed by atoms with Crippen molar-refractivity contribution in [3.05, 3.63) is 0 Å². The van der Waals surface area contributed by atoms with Gasteiger partial charge in [0.15, 0.2) is 0 Å². The highest BCUT2D eigenvalue weighted by molar-refractivity contribution is 8.00. The van der Waals surface area contributed by atoms with E-state index in [-0.39, 0.29) is 18.1 Å². The lowest BCUT2D eigenvalue weighted by molar-refractivity contribution is -0.130. The van der Waals surface area contributed by atoms with Gasteiger partial charge in [0.1, 0.15) is 0 Å². The Morgan fingerprint density at radius 1 is 1.56 bits per heavy atom. The molecule has 3 unspecified atom stereocenters. The second-order valence-electron chi connectivity index (χ2n) is 5.20. The van der Waals surface area contributed by atoms with Gasteiger partial charge in [0.2, 0.25) is 5.91 Å². The van der Waals surface area contributed by atoms with E-state index in [1.807, 2.05) is 18.7 Å². The van der Waals surface area contributed by atoms with E-state index in [1.54, 1.807) is 0 Å². The van der Waals surface area contributed by atoms with E-state index >= 15 is 0 Å². The molecule has 0 radical (unpaired) electrons. The molecule has 0 saturated carbocycles. The predicted octanol–water partition coefficient (Wildman–Crippen LogP) is 1.68. The van der Waals surface area contributed by atoms with Crippen LogP contribution in [0, 0.1) is 5.92 Å². The summed E-state index contributed by atoms with van der Waals surface area (Å²) in [6, 6.07) is -0.00111. The third kappa shape index (κ3) is 2.38. The Labute approximate surface area is 102 Å². The summed E-state index contributed by atoms with van der Waals surface area (Å²) in [4.78, 5) is 14.1. The largest absolute Gasteiger partial charge is 0.324 e. The molecule has 0 aromatic heterocycles. The summed E-state index contributed by atoms with van der Waals surface area (Å²) in [5, 5.41) is 4.06. The van der Waals surface area contributed by atoms with Crippen molar-refractivity contribution in [2.45, 2.75) is 51.1 Å². The molecule has 1 N–H and O–H groups in total. The molecule has 2 aliphatic rings. The first-order valence-electron chi connectivity index (χ1n) is 6.27. The predicted molar refractivity (Wildman–Crippen MR) is 68.4 cm³/mol. The molecular weight excluding hydrogens is 220 g/mol. The standard InChI is InChI=1S/C12H22N2OS/c1-8(2)11-13-9(3)12(15)14(11)7-10-5-4-6-16-10/h8-11,13H,4-7H2,1-3H3. The van der Waals surface area contributed by atoms with Crippen LogP contribution >= 0.6 is 11.8 Å². The van der Waals surface area contributed by atoms with E-state index in [1.165, 1.54) is 18.6 Å². The molecule has 1 amide bonds. The van der Waals surface area contributed by atoms with Crippen molar-refractivity contribution in [1.29, 1.82) is 0 Å². The van der Waals surface area contributed by atoms with E-state index in [4.69, 9.17) is 0 Å². The first-order valence-corrected chi connectivity index (χ1v) is 7.32. The zero-order valence-corrected chi connectivity index (χ0v) is 11.2. The third-order valence-electron chi connectivity index (χ3n) is 3.47. The molecule has 2 saturated heterocycles. The molecule has 2 aliphatic heterocycles. The van der Waals surface area contributed by atoms with Gasteiger partial charge >= 0.3 is 0 Å². The maximum Gasteiger partial charge on any atom is 0.240 e. The summed E-state index contributed by atoms with van der Waals surface area (Å²) in [7, 11) is 0. The molecule has 0 spiro atoms. The maximum absolute atomic E-state index is 12.1. The smallest absolute Gasteiger partial charge is 0.240 e. The average Bonchev–Trinajstić information content (AvgIpc) is 2.81. The van der Waals surface area contributed by atoms with Crippen molar-refractivity contribution in [2.24, 2.45) is 5.92 Å². The molecule has 0 bridgehead atoms. The monoisotopic (exact) mass is 242 g/mol. The Kier molecular flexibility index (Phi) is 3.80. The number of rotatable bonds is 3. The summed E-state index contributed by atoms with van der Waals surface area (Å²) < 4.78 is 0. The van der Waals surface area contributed by atoms with Crippen LogP contribution in [0.4, 0.5) is 0 Å². The minimum Gasteiger partial charge on any atom is -0.324 e. The van der Waals surface area contributed by atoms with Gasteiger partial charge < -0.3 is 4.90 Å².